The first-order valence-corrected chi connectivity index (χ1v) is 7.48. The average Bonchev–Trinajstić information content (AvgIpc) is 2.92. The summed E-state index contributed by atoms with van der Waals surface area (Å²) in [6.07, 6.45) is 2.15. The maximum absolute atomic E-state index is 13.3. The predicted molar refractivity (Wildman–Crippen MR) is 79.8 cm³/mol. The van der Waals surface area contributed by atoms with Crippen molar-refractivity contribution >= 4 is 5.91 Å². The molecule has 1 atom stereocenters. The molecule has 0 radical (unpaired) electrons. The first-order valence-electron chi connectivity index (χ1n) is 7.48. The topological polar surface area (TPSA) is 52.6 Å². The van der Waals surface area contributed by atoms with Gasteiger partial charge in [-0.1, -0.05) is 13.8 Å². The average molecular weight is 294 g/mol. The van der Waals surface area contributed by atoms with E-state index in [9.17, 15) is 14.3 Å². The number of aromatic hydroxyl groups is 1. The van der Waals surface area contributed by atoms with E-state index in [0.29, 0.717) is 19.0 Å². The molecule has 0 bridgehead atoms. The van der Waals surface area contributed by atoms with Gasteiger partial charge in [0.05, 0.1) is 5.56 Å². The monoisotopic (exact) mass is 294 g/mol. The summed E-state index contributed by atoms with van der Waals surface area (Å²) in [7, 11) is 0. The third kappa shape index (κ3) is 4.17. The summed E-state index contributed by atoms with van der Waals surface area (Å²) in [4.78, 5) is 14.3. The molecule has 1 saturated heterocycles. The van der Waals surface area contributed by atoms with Crippen LogP contribution in [0.15, 0.2) is 18.2 Å². The zero-order chi connectivity index (χ0) is 15.4. The van der Waals surface area contributed by atoms with E-state index in [1.807, 2.05) is 13.8 Å². The zero-order valence-corrected chi connectivity index (χ0v) is 12.6. The van der Waals surface area contributed by atoms with Crippen LogP contribution in [0.4, 0.5) is 4.39 Å². The highest BCUT2D eigenvalue weighted by atomic mass is 19.1. The van der Waals surface area contributed by atoms with Crippen molar-refractivity contribution in [2.24, 2.45) is 5.92 Å². The largest absolute Gasteiger partial charge is 0.507 e. The molecule has 4 nitrogen and oxygen atoms in total. The number of halogens is 1. The van der Waals surface area contributed by atoms with Crippen molar-refractivity contribution in [3.8, 4) is 5.75 Å². The molecule has 1 unspecified atom stereocenters. The fraction of sp³-hybridized carbons (Fsp3) is 0.562. The second-order valence-electron chi connectivity index (χ2n) is 6.06. The van der Waals surface area contributed by atoms with E-state index in [1.54, 1.807) is 4.90 Å². The number of rotatable bonds is 5. The van der Waals surface area contributed by atoms with Crippen molar-refractivity contribution in [1.82, 2.24) is 10.2 Å². The second kappa shape index (κ2) is 6.89. The minimum absolute atomic E-state index is 0.0358. The Bertz CT molecular complexity index is 499. The fourth-order valence-electron chi connectivity index (χ4n) is 2.71. The highest BCUT2D eigenvalue weighted by Gasteiger charge is 2.25. The quantitative estimate of drug-likeness (QED) is 0.876. The van der Waals surface area contributed by atoms with Crippen LogP contribution < -0.4 is 5.32 Å². The SMILES string of the molecule is CC(C)CN(CC1CCCN1)C(=O)c1cc(F)ccc1O. The Balaban J connectivity index is 2.17. The minimum Gasteiger partial charge on any atom is -0.507 e. The van der Waals surface area contributed by atoms with Crippen molar-refractivity contribution in [3.63, 3.8) is 0 Å². The van der Waals surface area contributed by atoms with Crippen LogP contribution in [0.1, 0.15) is 37.0 Å². The van der Waals surface area contributed by atoms with Gasteiger partial charge in [0.2, 0.25) is 0 Å². The summed E-state index contributed by atoms with van der Waals surface area (Å²) in [6, 6.07) is 3.76. The lowest BCUT2D eigenvalue weighted by molar-refractivity contribution is 0.0717. The molecule has 1 fully saturated rings. The van der Waals surface area contributed by atoms with Gasteiger partial charge in [0.25, 0.3) is 5.91 Å². The van der Waals surface area contributed by atoms with Crippen LogP contribution in [-0.4, -0.2) is 41.6 Å². The molecule has 0 aromatic heterocycles. The van der Waals surface area contributed by atoms with Crippen LogP contribution in [0.25, 0.3) is 0 Å². The van der Waals surface area contributed by atoms with Gasteiger partial charge in [-0.3, -0.25) is 4.79 Å². The van der Waals surface area contributed by atoms with Crippen molar-refractivity contribution in [2.75, 3.05) is 19.6 Å². The highest BCUT2D eigenvalue weighted by Crippen LogP contribution is 2.21. The predicted octanol–water partition coefficient (Wildman–Crippen LogP) is 2.38. The summed E-state index contributed by atoms with van der Waals surface area (Å²) >= 11 is 0. The Labute approximate surface area is 125 Å². The maximum atomic E-state index is 13.3. The zero-order valence-electron chi connectivity index (χ0n) is 12.6. The third-order valence-electron chi connectivity index (χ3n) is 3.66. The summed E-state index contributed by atoms with van der Waals surface area (Å²) in [5.41, 5.74) is 0.0358. The van der Waals surface area contributed by atoms with E-state index < -0.39 is 5.82 Å². The molecular formula is C16H23FN2O2. The number of nitrogens with zero attached hydrogens (tertiary/aromatic N) is 1. The number of amides is 1. The van der Waals surface area contributed by atoms with Gasteiger partial charge in [-0.15, -0.1) is 0 Å². The first-order chi connectivity index (χ1) is 9.97. The summed E-state index contributed by atoms with van der Waals surface area (Å²) in [6.45, 7) is 6.22. The molecular weight excluding hydrogens is 271 g/mol. The number of carbonyl (C=O) groups excluding carboxylic acids is 1. The van der Waals surface area contributed by atoms with E-state index in [1.165, 1.54) is 6.07 Å². The van der Waals surface area contributed by atoms with E-state index in [4.69, 9.17) is 0 Å². The molecule has 2 rings (SSSR count). The number of hydrogen-bond donors (Lipinski definition) is 2. The van der Waals surface area contributed by atoms with E-state index in [0.717, 1.165) is 31.5 Å². The van der Waals surface area contributed by atoms with Crippen LogP contribution >= 0.6 is 0 Å². The van der Waals surface area contributed by atoms with Gasteiger partial charge >= 0.3 is 0 Å². The summed E-state index contributed by atoms with van der Waals surface area (Å²) in [5, 5.41) is 13.2. The molecule has 1 aliphatic rings. The maximum Gasteiger partial charge on any atom is 0.257 e. The summed E-state index contributed by atoms with van der Waals surface area (Å²) in [5.74, 6) is -0.686. The normalized spacial score (nSPS) is 18.2. The van der Waals surface area contributed by atoms with Crippen LogP contribution in [0.5, 0.6) is 5.75 Å². The lowest BCUT2D eigenvalue weighted by Crippen LogP contribution is -2.42. The van der Waals surface area contributed by atoms with Crippen LogP contribution in [-0.2, 0) is 0 Å². The number of phenolic OH excluding ortho intramolecular Hbond substituents is 1. The van der Waals surface area contributed by atoms with Crippen LogP contribution in [0, 0.1) is 11.7 Å². The molecule has 1 amide bonds. The van der Waals surface area contributed by atoms with Crippen molar-refractivity contribution in [1.29, 1.82) is 0 Å². The molecule has 1 aliphatic heterocycles. The number of nitrogens with one attached hydrogen (secondary N) is 1. The number of phenols is 1. The number of carbonyl (C=O) groups is 1. The Hall–Kier alpha value is -1.62. The molecule has 2 N–H and O–H groups in total. The molecule has 116 valence electrons. The van der Waals surface area contributed by atoms with Gasteiger partial charge in [-0.2, -0.15) is 0 Å². The van der Waals surface area contributed by atoms with E-state index in [-0.39, 0.29) is 23.3 Å². The van der Waals surface area contributed by atoms with Gasteiger partial charge in [-0.05, 0) is 43.5 Å². The second-order valence-corrected chi connectivity index (χ2v) is 6.06. The van der Waals surface area contributed by atoms with Gasteiger partial charge in [0.15, 0.2) is 0 Å². The third-order valence-corrected chi connectivity index (χ3v) is 3.66. The van der Waals surface area contributed by atoms with Gasteiger partial charge < -0.3 is 15.3 Å². The molecule has 21 heavy (non-hydrogen) atoms. The van der Waals surface area contributed by atoms with Crippen molar-refractivity contribution in [2.45, 2.75) is 32.7 Å². The Morgan fingerprint density at radius 3 is 2.90 bits per heavy atom. The molecule has 0 saturated carbocycles. The Morgan fingerprint density at radius 2 is 2.29 bits per heavy atom. The lowest BCUT2D eigenvalue weighted by atomic mass is 10.1. The minimum atomic E-state index is -0.514. The number of benzene rings is 1. The molecule has 1 aromatic rings. The lowest BCUT2D eigenvalue weighted by Gasteiger charge is -2.28. The van der Waals surface area contributed by atoms with E-state index >= 15 is 0 Å². The summed E-state index contributed by atoms with van der Waals surface area (Å²) < 4.78 is 13.3. The first kappa shape index (κ1) is 15.8. The van der Waals surface area contributed by atoms with E-state index in [2.05, 4.69) is 5.32 Å². The Kier molecular flexibility index (Phi) is 5.17. The molecule has 0 spiro atoms. The highest BCUT2D eigenvalue weighted by molar-refractivity contribution is 5.96. The standard InChI is InChI=1S/C16H23FN2O2/c1-11(2)9-19(10-13-4-3-7-18-13)16(21)14-8-12(17)5-6-15(14)20/h5-6,8,11,13,18,20H,3-4,7,9-10H2,1-2H3. The van der Waals surface area contributed by atoms with Crippen LogP contribution in [0.2, 0.25) is 0 Å². The molecule has 5 heteroatoms. The fourth-order valence-corrected chi connectivity index (χ4v) is 2.71. The smallest absolute Gasteiger partial charge is 0.257 e. The molecule has 0 aliphatic carbocycles. The molecule has 1 heterocycles. The van der Waals surface area contributed by atoms with Gasteiger partial charge in [0, 0.05) is 19.1 Å². The molecule has 1 aromatic carbocycles. The van der Waals surface area contributed by atoms with Gasteiger partial charge in [0.1, 0.15) is 11.6 Å². The van der Waals surface area contributed by atoms with Crippen molar-refractivity contribution < 1.29 is 14.3 Å². The Morgan fingerprint density at radius 1 is 1.52 bits per heavy atom. The van der Waals surface area contributed by atoms with Gasteiger partial charge in [-0.25, -0.2) is 4.39 Å². The number of hydrogen-bond acceptors (Lipinski definition) is 3. The van der Waals surface area contributed by atoms with Crippen LogP contribution in [0.3, 0.4) is 0 Å². The van der Waals surface area contributed by atoms with Crippen molar-refractivity contribution in [3.05, 3.63) is 29.6 Å².